The first-order chi connectivity index (χ1) is 19.6. The molecule has 192 valence electrons. The Labute approximate surface area is 233 Å². The third-order valence-corrected chi connectivity index (χ3v) is 8.31. The Morgan fingerprint density at radius 1 is 0.675 bits per heavy atom. The molecular formula is C37H29N3. The van der Waals surface area contributed by atoms with Crippen molar-refractivity contribution in [2.24, 2.45) is 5.92 Å². The molecule has 0 N–H and O–H groups in total. The largest absolute Gasteiger partial charge is 0.309 e. The zero-order valence-corrected chi connectivity index (χ0v) is 22.9. The van der Waals surface area contributed by atoms with Crippen molar-refractivity contribution in [3.63, 3.8) is 0 Å². The molecule has 0 amide bonds. The Balaban J connectivity index is 1.54. The van der Waals surface area contributed by atoms with E-state index in [1.807, 2.05) is 6.20 Å². The van der Waals surface area contributed by atoms with E-state index in [1.165, 1.54) is 54.3 Å². The van der Waals surface area contributed by atoms with E-state index in [9.17, 15) is 0 Å². The van der Waals surface area contributed by atoms with Gasteiger partial charge in [0.25, 0.3) is 0 Å². The van der Waals surface area contributed by atoms with E-state index in [4.69, 9.17) is 9.97 Å². The van der Waals surface area contributed by atoms with Crippen LogP contribution < -0.4 is 4.90 Å². The molecule has 0 saturated heterocycles. The van der Waals surface area contributed by atoms with Crippen LogP contribution in [0.5, 0.6) is 0 Å². The van der Waals surface area contributed by atoms with Gasteiger partial charge >= 0.3 is 0 Å². The second-order valence-corrected chi connectivity index (χ2v) is 11.4. The smallest absolute Gasteiger partial charge is 0.0822 e. The van der Waals surface area contributed by atoms with Crippen molar-refractivity contribution in [2.45, 2.75) is 27.2 Å². The normalized spacial score (nSPS) is 12.7. The highest BCUT2D eigenvalue weighted by atomic mass is 15.2. The summed E-state index contributed by atoms with van der Waals surface area (Å²) in [6.07, 6.45) is 2.95. The number of anilines is 3. The lowest BCUT2D eigenvalue weighted by molar-refractivity contribution is 0.635. The summed E-state index contributed by atoms with van der Waals surface area (Å²) in [6, 6.07) is 35.4. The number of nitrogens with zero attached hydrogens (tertiary/aromatic N) is 3. The van der Waals surface area contributed by atoms with Gasteiger partial charge < -0.3 is 4.90 Å². The number of hydrogen-bond acceptors (Lipinski definition) is 3. The van der Waals surface area contributed by atoms with E-state index in [2.05, 4.69) is 123 Å². The fourth-order valence-electron chi connectivity index (χ4n) is 6.62. The van der Waals surface area contributed by atoms with Crippen LogP contribution in [0.25, 0.3) is 54.3 Å². The van der Waals surface area contributed by atoms with Gasteiger partial charge in [0.1, 0.15) is 0 Å². The van der Waals surface area contributed by atoms with Gasteiger partial charge in [-0.1, -0.05) is 68.4 Å². The molecule has 0 saturated carbocycles. The number of para-hydroxylation sites is 1. The zero-order chi connectivity index (χ0) is 27.0. The van der Waals surface area contributed by atoms with E-state index in [1.54, 1.807) is 0 Å². The van der Waals surface area contributed by atoms with Crippen LogP contribution in [0.1, 0.15) is 25.2 Å². The number of hydrogen-bond donors (Lipinski definition) is 0. The minimum Gasteiger partial charge on any atom is -0.309 e. The fourth-order valence-corrected chi connectivity index (χ4v) is 6.62. The third kappa shape index (κ3) is 3.37. The van der Waals surface area contributed by atoms with Crippen molar-refractivity contribution < 1.29 is 0 Å². The first-order valence-corrected chi connectivity index (χ1v) is 14.1. The van der Waals surface area contributed by atoms with Crippen LogP contribution in [0, 0.1) is 12.8 Å². The first-order valence-electron chi connectivity index (χ1n) is 14.1. The molecule has 3 heteroatoms. The summed E-state index contributed by atoms with van der Waals surface area (Å²) < 4.78 is 0. The minimum absolute atomic E-state index is 0.551. The van der Waals surface area contributed by atoms with Crippen molar-refractivity contribution in [1.82, 2.24) is 9.97 Å². The molecule has 40 heavy (non-hydrogen) atoms. The molecule has 0 fully saturated rings. The van der Waals surface area contributed by atoms with Crippen LogP contribution in [-0.4, -0.2) is 9.97 Å². The zero-order valence-electron chi connectivity index (χ0n) is 22.9. The molecule has 1 aliphatic heterocycles. The number of pyridine rings is 2. The quantitative estimate of drug-likeness (QED) is 0.219. The number of fused-ring (bicyclic) bond motifs is 7. The lowest BCUT2D eigenvalue weighted by Crippen LogP contribution is -2.15. The lowest BCUT2D eigenvalue weighted by atomic mass is 9.89. The molecule has 8 rings (SSSR count). The Bertz CT molecular complexity index is 2130. The van der Waals surface area contributed by atoms with E-state index >= 15 is 0 Å². The van der Waals surface area contributed by atoms with Gasteiger partial charge in [-0.2, -0.15) is 0 Å². The number of aryl methyl sites for hydroxylation is 1. The molecule has 0 bridgehead atoms. The van der Waals surface area contributed by atoms with Crippen molar-refractivity contribution in [1.29, 1.82) is 0 Å². The summed E-state index contributed by atoms with van der Waals surface area (Å²) in [5.74, 6) is 0.551. The number of aromatic nitrogens is 2. The highest BCUT2D eigenvalue weighted by Gasteiger charge is 2.28. The average Bonchev–Trinajstić information content (AvgIpc) is 2.96. The van der Waals surface area contributed by atoms with Crippen molar-refractivity contribution in [3.05, 3.63) is 115 Å². The molecule has 7 aromatic rings. The average molecular weight is 516 g/mol. The lowest BCUT2D eigenvalue weighted by Gasteiger charge is -2.34. The maximum absolute atomic E-state index is 5.01. The molecule has 0 aliphatic carbocycles. The van der Waals surface area contributed by atoms with Gasteiger partial charge in [-0.05, 0) is 94.0 Å². The van der Waals surface area contributed by atoms with E-state index in [0.29, 0.717) is 5.92 Å². The first kappa shape index (κ1) is 23.2. The Morgan fingerprint density at radius 2 is 1.40 bits per heavy atom. The van der Waals surface area contributed by atoms with Crippen LogP contribution in [-0.2, 0) is 6.42 Å². The molecule has 0 radical (unpaired) electrons. The van der Waals surface area contributed by atoms with Crippen LogP contribution >= 0.6 is 0 Å². The van der Waals surface area contributed by atoms with Crippen molar-refractivity contribution in [2.75, 3.05) is 4.90 Å². The standard InChI is InChI=1S/C37H29N3/c1-22(2)17-26-20-31-28(23(3)39-26)13-14-29-30-15-16-38-37-33-18-24-9-7-8-10-25(24)19-34(33)40(27-11-5-4-6-12-27)35(36(30)37)21-32(29)31/h4-16,18-22H,17H2,1-3H3. The highest BCUT2D eigenvalue weighted by molar-refractivity contribution is 6.26. The monoisotopic (exact) mass is 515 g/mol. The van der Waals surface area contributed by atoms with E-state index in [0.717, 1.165) is 34.9 Å². The van der Waals surface area contributed by atoms with Crippen molar-refractivity contribution in [3.8, 4) is 11.3 Å². The highest BCUT2D eigenvalue weighted by Crippen LogP contribution is 2.53. The molecule has 3 nitrogen and oxygen atoms in total. The van der Waals surface area contributed by atoms with Gasteiger partial charge in [0.05, 0.1) is 17.1 Å². The summed E-state index contributed by atoms with van der Waals surface area (Å²) >= 11 is 0. The fraction of sp³-hybridized carbons (Fsp3) is 0.135. The topological polar surface area (TPSA) is 29.0 Å². The Morgan fingerprint density at radius 3 is 2.20 bits per heavy atom. The molecular weight excluding hydrogens is 486 g/mol. The van der Waals surface area contributed by atoms with Gasteiger partial charge in [-0.3, -0.25) is 9.97 Å². The van der Waals surface area contributed by atoms with E-state index < -0.39 is 0 Å². The van der Waals surface area contributed by atoms with Gasteiger partial charge in [-0.25, -0.2) is 0 Å². The molecule has 0 atom stereocenters. The van der Waals surface area contributed by atoms with Crippen LogP contribution in [0.3, 0.4) is 0 Å². The van der Waals surface area contributed by atoms with Gasteiger partial charge in [0, 0.05) is 39.6 Å². The molecule has 0 unspecified atom stereocenters. The van der Waals surface area contributed by atoms with Crippen LogP contribution in [0.15, 0.2) is 103 Å². The minimum atomic E-state index is 0.551. The second-order valence-electron chi connectivity index (χ2n) is 11.4. The SMILES string of the molecule is Cc1nc(CC(C)C)cc2c1ccc1c3ccnc4c3c(cc21)N(c1ccccc1)c1cc2ccccc2cc1-4. The summed E-state index contributed by atoms with van der Waals surface area (Å²) in [4.78, 5) is 12.4. The second kappa shape index (κ2) is 8.62. The molecule has 2 aromatic heterocycles. The number of benzene rings is 5. The Kier molecular flexibility index (Phi) is 4.99. The molecule has 5 aromatic carbocycles. The Hall–Kier alpha value is -4.76. The van der Waals surface area contributed by atoms with Crippen molar-refractivity contribution >= 4 is 60.2 Å². The molecule has 1 aliphatic rings. The van der Waals surface area contributed by atoms with Crippen LogP contribution in [0.2, 0.25) is 0 Å². The molecule has 0 spiro atoms. The summed E-state index contributed by atoms with van der Waals surface area (Å²) in [7, 11) is 0. The summed E-state index contributed by atoms with van der Waals surface area (Å²) in [5, 5.41) is 9.90. The predicted molar refractivity (Wildman–Crippen MR) is 169 cm³/mol. The van der Waals surface area contributed by atoms with Gasteiger partial charge in [-0.15, -0.1) is 0 Å². The summed E-state index contributed by atoms with van der Waals surface area (Å²) in [6.45, 7) is 6.66. The maximum Gasteiger partial charge on any atom is 0.0822 e. The summed E-state index contributed by atoms with van der Waals surface area (Å²) in [5.41, 5.74) is 7.95. The third-order valence-electron chi connectivity index (χ3n) is 8.31. The van der Waals surface area contributed by atoms with E-state index in [-0.39, 0.29) is 0 Å². The van der Waals surface area contributed by atoms with Gasteiger partial charge in [0.2, 0.25) is 0 Å². The van der Waals surface area contributed by atoms with Gasteiger partial charge in [0.15, 0.2) is 0 Å². The predicted octanol–water partition coefficient (Wildman–Crippen LogP) is 10.0. The molecule has 3 heterocycles. The maximum atomic E-state index is 5.01. The number of rotatable bonds is 3. The van der Waals surface area contributed by atoms with Crippen LogP contribution in [0.4, 0.5) is 17.1 Å².